The number of rotatable bonds is 6. The lowest BCUT2D eigenvalue weighted by molar-refractivity contribution is -0.140. The lowest BCUT2D eigenvalue weighted by Crippen LogP contribution is -2.60. The van der Waals surface area contributed by atoms with Crippen LogP contribution in [0.25, 0.3) is 0 Å². The van der Waals surface area contributed by atoms with Crippen molar-refractivity contribution in [1.29, 1.82) is 0 Å². The van der Waals surface area contributed by atoms with Crippen LogP contribution in [0.2, 0.25) is 10.0 Å². The van der Waals surface area contributed by atoms with Gasteiger partial charge in [-0.15, -0.1) is 0 Å². The first-order valence-electron chi connectivity index (χ1n) is 13.7. The number of hydrogen-bond donors (Lipinski definition) is 1. The molecule has 0 radical (unpaired) electrons. The summed E-state index contributed by atoms with van der Waals surface area (Å²) < 4.78 is 60.1. The number of alkyl halides is 3. The molecule has 0 aliphatic carbocycles. The maximum atomic E-state index is 14.4. The van der Waals surface area contributed by atoms with E-state index in [9.17, 15) is 27.2 Å². The number of nitrogens with zero attached hydrogens (tertiary/aromatic N) is 2. The van der Waals surface area contributed by atoms with Crippen molar-refractivity contribution in [2.75, 3.05) is 25.0 Å². The van der Waals surface area contributed by atoms with Gasteiger partial charge in [0.15, 0.2) is 0 Å². The van der Waals surface area contributed by atoms with Crippen LogP contribution in [0.3, 0.4) is 0 Å². The molecule has 2 aliphatic rings. The quantitative estimate of drug-likeness (QED) is 0.282. The maximum Gasteiger partial charge on any atom is 0.416 e. The number of piperidine rings is 1. The molecule has 1 saturated heterocycles. The van der Waals surface area contributed by atoms with Gasteiger partial charge in [0, 0.05) is 45.1 Å². The van der Waals surface area contributed by atoms with E-state index in [2.05, 4.69) is 5.32 Å². The summed E-state index contributed by atoms with van der Waals surface area (Å²) in [6.07, 6.45) is -4.26. The van der Waals surface area contributed by atoms with Crippen molar-refractivity contribution in [3.05, 3.63) is 98.8 Å². The second-order valence-corrected chi connectivity index (χ2v) is 11.6. The normalized spacial score (nSPS) is 18.1. The number of carbonyl (C=O) groups excluding carboxylic acids is 2. The van der Waals surface area contributed by atoms with Crippen molar-refractivity contribution < 1.29 is 31.9 Å². The summed E-state index contributed by atoms with van der Waals surface area (Å²) in [5.41, 5.74) is -1.25. The Kier molecular flexibility index (Phi) is 8.41. The summed E-state index contributed by atoms with van der Waals surface area (Å²) in [4.78, 5) is 30.2. The van der Waals surface area contributed by atoms with Crippen LogP contribution in [0.4, 0.5) is 28.0 Å². The molecule has 6 nitrogen and oxygen atoms in total. The highest BCUT2D eigenvalue weighted by molar-refractivity contribution is 6.42. The average molecular weight is 638 g/mol. The van der Waals surface area contributed by atoms with Crippen LogP contribution in [-0.4, -0.2) is 37.0 Å². The molecule has 1 unspecified atom stereocenters. The third-order valence-electron chi connectivity index (χ3n) is 8.47. The van der Waals surface area contributed by atoms with E-state index in [1.165, 1.54) is 29.2 Å². The minimum atomic E-state index is -4.52. The average Bonchev–Trinajstić information content (AvgIpc) is 2.98. The molecule has 43 heavy (non-hydrogen) atoms. The summed E-state index contributed by atoms with van der Waals surface area (Å²) in [6, 6.07) is 13.9. The van der Waals surface area contributed by atoms with E-state index < -0.39 is 40.7 Å². The zero-order valence-corrected chi connectivity index (χ0v) is 24.9. The van der Waals surface area contributed by atoms with Gasteiger partial charge < -0.3 is 10.1 Å². The number of anilines is 1. The van der Waals surface area contributed by atoms with Gasteiger partial charge in [-0.1, -0.05) is 48.3 Å². The Balaban J connectivity index is 1.48. The van der Waals surface area contributed by atoms with E-state index in [1.807, 2.05) is 11.8 Å². The van der Waals surface area contributed by atoms with E-state index in [0.29, 0.717) is 21.8 Å². The molecule has 1 N–H and O–H groups in total. The predicted octanol–water partition coefficient (Wildman–Crippen LogP) is 7.65. The van der Waals surface area contributed by atoms with Crippen LogP contribution < -0.4 is 10.2 Å². The lowest BCUT2D eigenvalue weighted by Gasteiger charge is -2.51. The third kappa shape index (κ3) is 5.68. The van der Waals surface area contributed by atoms with Crippen molar-refractivity contribution in [1.82, 2.24) is 10.2 Å². The Morgan fingerprint density at radius 2 is 1.72 bits per heavy atom. The van der Waals surface area contributed by atoms with E-state index in [1.54, 1.807) is 31.3 Å². The first-order valence-corrected chi connectivity index (χ1v) is 14.5. The first-order chi connectivity index (χ1) is 20.3. The minimum Gasteiger partial charge on any atom is -0.437 e. The van der Waals surface area contributed by atoms with Crippen LogP contribution in [0.1, 0.15) is 48.4 Å². The summed E-state index contributed by atoms with van der Waals surface area (Å²) >= 11 is 12.6. The van der Waals surface area contributed by atoms with Gasteiger partial charge in [0.25, 0.3) is 0 Å². The molecule has 1 fully saturated rings. The molecule has 1 spiro atoms. The van der Waals surface area contributed by atoms with Crippen molar-refractivity contribution in [2.45, 2.75) is 50.0 Å². The van der Waals surface area contributed by atoms with Gasteiger partial charge in [-0.3, -0.25) is 14.6 Å². The van der Waals surface area contributed by atoms with E-state index in [0.717, 1.165) is 12.1 Å². The highest BCUT2D eigenvalue weighted by atomic mass is 35.5. The van der Waals surface area contributed by atoms with E-state index >= 15 is 0 Å². The summed E-state index contributed by atoms with van der Waals surface area (Å²) in [7, 11) is 1.56. The second kappa shape index (κ2) is 11.6. The molecule has 2 amide bonds. The topological polar surface area (TPSA) is 61.9 Å². The third-order valence-corrected chi connectivity index (χ3v) is 9.21. The molecule has 0 aromatic heterocycles. The molecule has 228 valence electrons. The SMILES string of the molecule is CCC(C(=O)NCc1cccc(C(F)(F)F)c1)(c1ccc(Cl)c(Cl)c1)N1CCC2(CC1)OC(=O)N(C)c1ccc(F)cc12. The largest absolute Gasteiger partial charge is 0.437 e. The molecular weight excluding hydrogens is 609 g/mol. The van der Waals surface area contributed by atoms with Gasteiger partial charge in [0.2, 0.25) is 5.91 Å². The fourth-order valence-corrected chi connectivity index (χ4v) is 6.46. The lowest BCUT2D eigenvalue weighted by atomic mass is 9.77. The van der Waals surface area contributed by atoms with Gasteiger partial charge in [-0.25, -0.2) is 9.18 Å². The Hall–Kier alpha value is -3.34. The monoisotopic (exact) mass is 637 g/mol. The Morgan fingerprint density at radius 3 is 2.37 bits per heavy atom. The van der Waals surface area contributed by atoms with Gasteiger partial charge in [-0.05, 0) is 60.0 Å². The first kappa shape index (κ1) is 31.1. The summed E-state index contributed by atoms with van der Waals surface area (Å²) in [5, 5.41) is 3.38. The van der Waals surface area contributed by atoms with Crippen molar-refractivity contribution in [2.24, 2.45) is 0 Å². The van der Waals surface area contributed by atoms with Crippen LogP contribution >= 0.6 is 23.2 Å². The van der Waals surface area contributed by atoms with Crippen LogP contribution in [-0.2, 0) is 33.4 Å². The second-order valence-electron chi connectivity index (χ2n) is 10.8. The maximum absolute atomic E-state index is 14.4. The fraction of sp³-hybridized carbons (Fsp3) is 0.355. The van der Waals surface area contributed by atoms with Crippen LogP contribution in [0.15, 0.2) is 60.7 Å². The Bertz CT molecular complexity index is 1560. The summed E-state index contributed by atoms with van der Waals surface area (Å²) in [5.74, 6) is -0.895. The molecule has 0 bridgehead atoms. The number of carbonyl (C=O) groups is 2. The van der Waals surface area contributed by atoms with Gasteiger partial charge in [-0.2, -0.15) is 13.2 Å². The molecule has 0 saturated carbocycles. The van der Waals surface area contributed by atoms with Crippen LogP contribution in [0.5, 0.6) is 0 Å². The van der Waals surface area contributed by atoms with Crippen molar-refractivity contribution in [3.8, 4) is 0 Å². The van der Waals surface area contributed by atoms with Crippen LogP contribution in [0, 0.1) is 5.82 Å². The van der Waals surface area contributed by atoms with Crippen molar-refractivity contribution >= 4 is 40.9 Å². The Morgan fingerprint density at radius 1 is 1.00 bits per heavy atom. The zero-order valence-electron chi connectivity index (χ0n) is 23.4. The standard InChI is InChI=1S/C31H29Cl2F4N3O3/c1-3-30(20-7-9-24(32)25(33)16-20,27(41)38-18-19-5-4-6-21(15-19)31(35,36)37)40-13-11-29(12-14-40)23-17-22(34)8-10-26(23)39(2)28(42)43-29/h4-10,15-17H,3,11-14,18H2,1-2H3,(H,38,41). The number of nitrogens with one attached hydrogen (secondary N) is 1. The zero-order chi connectivity index (χ0) is 31.2. The molecule has 1 atom stereocenters. The highest BCUT2D eigenvalue weighted by Gasteiger charge is 2.52. The van der Waals surface area contributed by atoms with E-state index in [-0.39, 0.29) is 49.5 Å². The molecule has 5 rings (SSSR count). The molecule has 2 aliphatic heterocycles. The minimum absolute atomic E-state index is 0.139. The van der Waals surface area contributed by atoms with Gasteiger partial charge in [0.1, 0.15) is 17.0 Å². The number of ether oxygens (including phenoxy) is 1. The summed E-state index contributed by atoms with van der Waals surface area (Å²) in [6.45, 7) is 2.24. The van der Waals surface area contributed by atoms with Gasteiger partial charge >= 0.3 is 12.3 Å². The Labute approximate surface area is 256 Å². The molecular formula is C31H29Cl2F4N3O3. The van der Waals surface area contributed by atoms with E-state index in [4.69, 9.17) is 27.9 Å². The number of halogens is 6. The highest BCUT2D eigenvalue weighted by Crippen LogP contribution is 2.48. The molecule has 3 aromatic rings. The predicted molar refractivity (Wildman–Crippen MR) is 155 cm³/mol. The van der Waals surface area contributed by atoms with Crippen molar-refractivity contribution in [3.63, 3.8) is 0 Å². The molecule has 12 heteroatoms. The smallest absolute Gasteiger partial charge is 0.416 e. The fourth-order valence-electron chi connectivity index (χ4n) is 6.16. The molecule has 2 heterocycles. The number of hydrogen-bond acceptors (Lipinski definition) is 4. The number of benzene rings is 3. The van der Waals surface area contributed by atoms with Gasteiger partial charge in [0.05, 0.1) is 21.3 Å². The number of fused-ring (bicyclic) bond motifs is 2. The number of likely N-dealkylation sites (tertiary alicyclic amines) is 1. The number of amides is 2. The molecule has 3 aromatic carbocycles.